The fourth-order valence-corrected chi connectivity index (χ4v) is 2.91. The van der Waals surface area contributed by atoms with E-state index >= 15 is 0 Å². The van der Waals surface area contributed by atoms with Gasteiger partial charge in [0.05, 0.1) is 6.54 Å². The van der Waals surface area contributed by atoms with Crippen LogP contribution in [-0.4, -0.2) is 35.8 Å². The number of nitrogens with one attached hydrogen (secondary N) is 2. The van der Waals surface area contributed by atoms with Gasteiger partial charge in [-0.25, -0.2) is 0 Å². The Balaban J connectivity index is 1.96. The molecule has 0 heterocycles. The van der Waals surface area contributed by atoms with E-state index in [0.717, 1.165) is 17.7 Å². The molecule has 0 aliphatic rings. The number of rotatable bonds is 8. The van der Waals surface area contributed by atoms with Crippen molar-refractivity contribution in [2.24, 2.45) is 0 Å². The molecule has 0 aliphatic carbocycles. The van der Waals surface area contributed by atoms with Crippen molar-refractivity contribution in [3.63, 3.8) is 0 Å². The van der Waals surface area contributed by atoms with Crippen LogP contribution in [0.2, 0.25) is 5.02 Å². The molecule has 2 aromatic rings. The average Bonchev–Trinajstić information content (AvgIpc) is 2.64. The molecule has 0 aliphatic heterocycles. The molecule has 0 saturated carbocycles. The van der Waals surface area contributed by atoms with E-state index in [1.165, 1.54) is 0 Å². The summed E-state index contributed by atoms with van der Waals surface area (Å²) >= 11 is 6.02. The summed E-state index contributed by atoms with van der Waals surface area (Å²) in [5, 5.41) is 6.46. The Morgan fingerprint density at radius 2 is 1.79 bits per heavy atom. The molecule has 2 aromatic carbocycles. The van der Waals surface area contributed by atoms with E-state index in [0.29, 0.717) is 29.4 Å². The van der Waals surface area contributed by atoms with E-state index in [1.54, 1.807) is 24.3 Å². The van der Waals surface area contributed by atoms with E-state index in [9.17, 15) is 9.59 Å². The zero-order valence-electron chi connectivity index (χ0n) is 16.9. The van der Waals surface area contributed by atoms with Crippen molar-refractivity contribution in [2.45, 2.75) is 40.3 Å². The highest BCUT2D eigenvalue weighted by Gasteiger charge is 2.12. The Bertz CT molecular complexity index is 819. The van der Waals surface area contributed by atoms with Crippen LogP contribution in [-0.2, 0) is 11.3 Å². The molecule has 0 radical (unpaired) electrons. The summed E-state index contributed by atoms with van der Waals surface area (Å²) in [6.45, 7) is 9.59. The van der Waals surface area contributed by atoms with Crippen molar-refractivity contribution < 1.29 is 9.59 Å². The Labute approximate surface area is 172 Å². The van der Waals surface area contributed by atoms with Gasteiger partial charge in [0, 0.05) is 28.9 Å². The third-order valence-corrected chi connectivity index (χ3v) is 4.73. The van der Waals surface area contributed by atoms with Gasteiger partial charge in [-0.15, -0.1) is 0 Å². The second-order valence-electron chi connectivity index (χ2n) is 7.14. The van der Waals surface area contributed by atoms with E-state index in [2.05, 4.69) is 15.5 Å². The van der Waals surface area contributed by atoms with Gasteiger partial charge in [-0.1, -0.05) is 30.7 Å². The molecule has 2 rings (SSSR count). The molecule has 0 aromatic heterocycles. The van der Waals surface area contributed by atoms with Gasteiger partial charge >= 0.3 is 0 Å². The van der Waals surface area contributed by atoms with Gasteiger partial charge in [-0.3, -0.25) is 14.5 Å². The van der Waals surface area contributed by atoms with E-state index < -0.39 is 0 Å². The molecule has 0 unspecified atom stereocenters. The summed E-state index contributed by atoms with van der Waals surface area (Å²) in [6.07, 6.45) is 0. The van der Waals surface area contributed by atoms with Gasteiger partial charge in [0.1, 0.15) is 0 Å². The molecule has 6 heteroatoms. The number of carbonyl (C=O) groups is 2. The van der Waals surface area contributed by atoms with Crippen LogP contribution in [0.25, 0.3) is 0 Å². The Hall–Kier alpha value is -2.37. The maximum Gasteiger partial charge on any atom is 0.255 e. The quantitative estimate of drug-likeness (QED) is 0.695. The minimum atomic E-state index is -0.170. The second kappa shape index (κ2) is 10.2. The third-order valence-electron chi connectivity index (χ3n) is 4.30. The number of hydrogen-bond acceptors (Lipinski definition) is 3. The molecule has 0 fully saturated rings. The summed E-state index contributed by atoms with van der Waals surface area (Å²) in [5.74, 6) is -0.150. The number of anilines is 1. The van der Waals surface area contributed by atoms with Gasteiger partial charge in [0.2, 0.25) is 5.91 Å². The lowest BCUT2D eigenvalue weighted by atomic mass is 10.1. The van der Waals surface area contributed by atoms with Gasteiger partial charge < -0.3 is 10.6 Å². The average molecular weight is 402 g/mol. The summed E-state index contributed by atoms with van der Waals surface area (Å²) < 4.78 is 0. The van der Waals surface area contributed by atoms with E-state index in [4.69, 9.17) is 11.6 Å². The number of nitrogens with zero attached hydrogens (tertiary/aromatic N) is 1. The van der Waals surface area contributed by atoms with Crippen LogP contribution in [0.4, 0.5) is 5.69 Å². The smallest absolute Gasteiger partial charge is 0.255 e. The standard InChI is InChI=1S/C22H28ClN3O2/c1-5-26(14-21(27)24-15(2)3)13-17-6-8-18(9-7-17)22(28)25-19-10-11-20(23)16(4)12-19/h6-12,15H,5,13-14H2,1-4H3,(H,24,27)(H,25,28). The largest absolute Gasteiger partial charge is 0.353 e. The van der Waals surface area contributed by atoms with Crippen molar-refractivity contribution in [1.82, 2.24) is 10.2 Å². The number of hydrogen-bond donors (Lipinski definition) is 2. The Kier molecular flexibility index (Phi) is 8.03. The number of likely N-dealkylation sites (N-methyl/N-ethyl adjacent to an activating group) is 1. The van der Waals surface area contributed by atoms with E-state index in [-0.39, 0.29) is 17.9 Å². The molecule has 5 nitrogen and oxygen atoms in total. The third kappa shape index (κ3) is 6.66. The van der Waals surface area contributed by atoms with Crippen molar-refractivity contribution >= 4 is 29.1 Å². The minimum Gasteiger partial charge on any atom is -0.353 e. The zero-order valence-corrected chi connectivity index (χ0v) is 17.6. The molecule has 150 valence electrons. The Morgan fingerprint density at radius 3 is 2.36 bits per heavy atom. The molecular weight excluding hydrogens is 374 g/mol. The first kappa shape index (κ1) is 21.9. The molecule has 0 saturated heterocycles. The molecule has 2 amide bonds. The first-order chi connectivity index (χ1) is 13.3. The monoisotopic (exact) mass is 401 g/mol. The van der Waals surface area contributed by atoms with Crippen molar-refractivity contribution in [3.8, 4) is 0 Å². The summed E-state index contributed by atoms with van der Waals surface area (Å²) in [6, 6.07) is 13.0. The maximum atomic E-state index is 12.4. The lowest BCUT2D eigenvalue weighted by Crippen LogP contribution is -2.39. The number of amides is 2. The number of carbonyl (C=O) groups excluding carboxylic acids is 2. The predicted molar refractivity (Wildman–Crippen MR) is 115 cm³/mol. The molecular formula is C22H28ClN3O2. The molecule has 0 bridgehead atoms. The Morgan fingerprint density at radius 1 is 1.11 bits per heavy atom. The fourth-order valence-electron chi connectivity index (χ4n) is 2.80. The highest BCUT2D eigenvalue weighted by Crippen LogP contribution is 2.20. The van der Waals surface area contributed by atoms with Crippen LogP contribution in [0.5, 0.6) is 0 Å². The predicted octanol–water partition coefficient (Wildman–Crippen LogP) is 4.25. The summed E-state index contributed by atoms with van der Waals surface area (Å²) in [4.78, 5) is 26.5. The van der Waals surface area contributed by atoms with Gasteiger partial charge in [-0.2, -0.15) is 0 Å². The van der Waals surface area contributed by atoms with Crippen LogP contribution < -0.4 is 10.6 Å². The normalized spacial score (nSPS) is 11.0. The molecule has 28 heavy (non-hydrogen) atoms. The lowest BCUT2D eigenvalue weighted by molar-refractivity contribution is -0.122. The maximum absolute atomic E-state index is 12.4. The highest BCUT2D eigenvalue weighted by molar-refractivity contribution is 6.31. The van der Waals surface area contributed by atoms with Crippen molar-refractivity contribution in [3.05, 3.63) is 64.2 Å². The highest BCUT2D eigenvalue weighted by atomic mass is 35.5. The van der Waals surface area contributed by atoms with Crippen LogP contribution in [0.1, 0.15) is 42.3 Å². The van der Waals surface area contributed by atoms with Crippen molar-refractivity contribution in [1.29, 1.82) is 0 Å². The van der Waals surface area contributed by atoms with Gasteiger partial charge in [0.15, 0.2) is 0 Å². The SMILES string of the molecule is CCN(CC(=O)NC(C)C)Cc1ccc(C(=O)Nc2ccc(Cl)c(C)c2)cc1. The topological polar surface area (TPSA) is 61.4 Å². The number of benzene rings is 2. The fraction of sp³-hybridized carbons (Fsp3) is 0.364. The summed E-state index contributed by atoms with van der Waals surface area (Å²) in [5.41, 5.74) is 3.26. The first-order valence-corrected chi connectivity index (χ1v) is 9.84. The lowest BCUT2D eigenvalue weighted by Gasteiger charge is -2.21. The number of aryl methyl sites for hydroxylation is 1. The molecule has 0 atom stereocenters. The second-order valence-corrected chi connectivity index (χ2v) is 7.55. The number of halogens is 1. The van der Waals surface area contributed by atoms with Crippen LogP contribution >= 0.6 is 11.6 Å². The molecule has 0 spiro atoms. The van der Waals surface area contributed by atoms with Gasteiger partial charge in [-0.05, 0) is 68.8 Å². The van der Waals surface area contributed by atoms with Gasteiger partial charge in [0.25, 0.3) is 5.91 Å². The van der Waals surface area contributed by atoms with E-state index in [1.807, 2.05) is 45.9 Å². The minimum absolute atomic E-state index is 0.0195. The van der Waals surface area contributed by atoms with Crippen LogP contribution in [0, 0.1) is 6.92 Å². The molecule has 2 N–H and O–H groups in total. The first-order valence-electron chi connectivity index (χ1n) is 9.46. The van der Waals surface area contributed by atoms with Crippen molar-refractivity contribution in [2.75, 3.05) is 18.4 Å². The zero-order chi connectivity index (χ0) is 20.7. The van der Waals surface area contributed by atoms with Crippen LogP contribution in [0.15, 0.2) is 42.5 Å². The van der Waals surface area contributed by atoms with Crippen LogP contribution in [0.3, 0.4) is 0 Å². The summed E-state index contributed by atoms with van der Waals surface area (Å²) in [7, 11) is 0.